The number of aromatic nitrogens is 2. The highest BCUT2D eigenvalue weighted by Gasteiger charge is 2.43. The number of nitrogens with zero attached hydrogens (tertiary/aromatic N) is 2. The van der Waals surface area contributed by atoms with Gasteiger partial charge < -0.3 is 9.13 Å². The van der Waals surface area contributed by atoms with Crippen LogP contribution in [-0.2, 0) is 0 Å². The molecular weight excluding hydrogens is 949 g/mol. The van der Waals surface area contributed by atoms with Crippen LogP contribution in [0.3, 0.4) is 0 Å². The van der Waals surface area contributed by atoms with Crippen LogP contribution in [0.25, 0.3) is 66.1 Å². The van der Waals surface area contributed by atoms with Gasteiger partial charge >= 0.3 is 0 Å². The SMILES string of the molecule is c1ccc([Si](c2ccccc2)(c2ccccc2)c2cccc(-c3ccc4c(c3)c3ccccc3n4-c3ccc4c(c3)c3ccccc3n4-c3cccc([Si](c4ccccc4)(c4ccccc4)c4ccccc4)c3)c2)cc1. The molecular formula is C72H52N2Si2. The molecule has 0 aliphatic rings. The Labute approximate surface area is 445 Å². The molecule has 358 valence electrons. The second-order valence-corrected chi connectivity index (χ2v) is 27.6. The molecule has 0 aliphatic heterocycles. The van der Waals surface area contributed by atoms with Crippen molar-refractivity contribution in [2.24, 2.45) is 0 Å². The van der Waals surface area contributed by atoms with Crippen LogP contribution in [0.2, 0.25) is 0 Å². The Morgan fingerprint density at radius 1 is 0.184 bits per heavy atom. The van der Waals surface area contributed by atoms with Crippen molar-refractivity contribution in [1.82, 2.24) is 9.13 Å². The number of fused-ring (bicyclic) bond motifs is 6. The molecule has 0 saturated carbocycles. The summed E-state index contributed by atoms with van der Waals surface area (Å²) in [6, 6.07) is 118. The maximum Gasteiger partial charge on any atom is 0.179 e. The lowest BCUT2D eigenvalue weighted by Crippen LogP contribution is -2.74. The van der Waals surface area contributed by atoms with E-state index in [4.69, 9.17) is 0 Å². The summed E-state index contributed by atoms with van der Waals surface area (Å²) >= 11 is 0. The molecule has 2 nitrogen and oxygen atoms in total. The normalized spacial score (nSPS) is 11.9. The third kappa shape index (κ3) is 7.21. The van der Waals surface area contributed by atoms with Gasteiger partial charge in [-0.25, -0.2) is 0 Å². The van der Waals surface area contributed by atoms with E-state index in [9.17, 15) is 0 Å². The second kappa shape index (κ2) is 18.9. The zero-order chi connectivity index (χ0) is 50.5. The second-order valence-electron chi connectivity index (χ2n) is 20.0. The van der Waals surface area contributed by atoms with E-state index in [2.05, 4.69) is 325 Å². The van der Waals surface area contributed by atoms with Crippen molar-refractivity contribution in [3.63, 3.8) is 0 Å². The first-order chi connectivity index (χ1) is 37.7. The summed E-state index contributed by atoms with van der Waals surface area (Å²) in [7, 11) is -5.49. The largest absolute Gasteiger partial charge is 0.309 e. The van der Waals surface area contributed by atoms with E-state index in [1.54, 1.807) is 0 Å². The summed E-state index contributed by atoms with van der Waals surface area (Å²) in [5.41, 5.74) is 9.44. The third-order valence-corrected chi connectivity index (χ3v) is 25.5. The molecule has 4 heteroatoms. The van der Waals surface area contributed by atoms with E-state index in [1.807, 2.05) is 0 Å². The highest BCUT2D eigenvalue weighted by molar-refractivity contribution is 7.20. The third-order valence-electron chi connectivity index (χ3n) is 16.0. The van der Waals surface area contributed by atoms with Crippen LogP contribution in [0.4, 0.5) is 0 Å². The number of rotatable bonds is 11. The van der Waals surface area contributed by atoms with Gasteiger partial charge in [0, 0.05) is 32.9 Å². The zero-order valence-corrected chi connectivity index (χ0v) is 43.9. The highest BCUT2D eigenvalue weighted by Crippen LogP contribution is 2.38. The lowest BCUT2D eigenvalue weighted by atomic mass is 10.0. The molecule has 0 bridgehead atoms. The summed E-state index contributed by atoms with van der Waals surface area (Å²) in [5, 5.41) is 15.8. The average Bonchev–Trinajstić information content (AvgIpc) is 4.04. The molecule has 0 radical (unpaired) electrons. The van der Waals surface area contributed by atoms with Gasteiger partial charge in [-0.3, -0.25) is 0 Å². The maximum atomic E-state index is 2.48. The van der Waals surface area contributed by atoms with Gasteiger partial charge in [0.15, 0.2) is 16.1 Å². The van der Waals surface area contributed by atoms with Crippen LogP contribution < -0.4 is 41.5 Å². The summed E-state index contributed by atoms with van der Waals surface area (Å²) < 4.78 is 4.95. The monoisotopic (exact) mass is 1000 g/mol. The summed E-state index contributed by atoms with van der Waals surface area (Å²) in [5.74, 6) is 0. The smallest absolute Gasteiger partial charge is 0.179 e. The molecule has 0 N–H and O–H groups in total. The topological polar surface area (TPSA) is 9.86 Å². The molecule has 12 aromatic carbocycles. The van der Waals surface area contributed by atoms with Gasteiger partial charge in [-0.05, 0) is 107 Å². The molecule has 0 fully saturated rings. The van der Waals surface area contributed by atoms with Gasteiger partial charge in [-0.2, -0.15) is 0 Å². The fourth-order valence-corrected chi connectivity index (χ4v) is 22.3. The Bertz CT molecular complexity index is 4190. The van der Waals surface area contributed by atoms with E-state index in [0.29, 0.717) is 0 Å². The number of benzene rings is 12. The maximum absolute atomic E-state index is 2.77. The predicted octanol–water partition coefficient (Wildman–Crippen LogP) is 12.3. The first kappa shape index (κ1) is 45.3. The highest BCUT2D eigenvalue weighted by atomic mass is 28.3. The minimum atomic E-state index is -2.77. The number of hydrogen-bond donors (Lipinski definition) is 0. The minimum Gasteiger partial charge on any atom is -0.309 e. The van der Waals surface area contributed by atoms with Crippen molar-refractivity contribution in [2.45, 2.75) is 0 Å². The van der Waals surface area contributed by atoms with Gasteiger partial charge in [-0.15, -0.1) is 0 Å². The van der Waals surface area contributed by atoms with E-state index in [0.717, 1.165) is 11.4 Å². The lowest BCUT2D eigenvalue weighted by molar-refractivity contribution is 1.17. The van der Waals surface area contributed by atoms with Gasteiger partial charge in [0.25, 0.3) is 0 Å². The van der Waals surface area contributed by atoms with Gasteiger partial charge in [-0.1, -0.05) is 261 Å². The molecule has 14 aromatic rings. The van der Waals surface area contributed by atoms with Gasteiger partial charge in [0.1, 0.15) is 0 Å². The summed E-state index contributed by atoms with van der Waals surface area (Å²) in [6.45, 7) is 0. The quantitative estimate of drug-likeness (QED) is 0.0903. The van der Waals surface area contributed by atoms with E-state index in [1.165, 1.54) is 96.2 Å². The van der Waals surface area contributed by atoms with Gasteiger partial charge in [0.2, 0.25) is 0 Å². The van der Waals surface area contributed by atoms with Crippen molar-refractivity contribution >= 4 is 101 Å². The molecule has 0 atom stereocenters. The Morgan fingerprint density at radius 3 is 0.947 bits per heavy atom. The van der Waals surface area contributed by atoms with Crippen molar-refractivity contribution < 1.29 is 0 Å². The molecule has 0 aliphatic carbocycles. The van der Waals surface area contributed by atoms with Crippen LogP contribution in [0, 0.1) is 0 Å². The molecule has 76 heavy (non-hydrogen) atoms. The van der Waals surface area contributed by atoms with E-state index >= 15 is 0 Å². The molecule has 0 unspecified atom stereocenters. The van der Waals surface area contributed by atoms with Crippen LogP contribution in [0.15, 0.2) is 315 Å². The Kier molecular flexibility index (Phi) is 11.2. The Morgan fingerprint density at radius 2 is 0.500 bits per heavy atom. The van der Waals surface area contributed by atoms with Crippen LogP contribution in [0.1, 0.15) is 0 Å². The predicted molar refractivity (Wildman–Crippen MR) is 328 cm³/mol. The fourth-order valence-electron chi connectivity index (χ4n) is 12.7. The molecule has 2 aromatic heterocycles. The first-order valence-electron chi connectivity index (χ1n) is 26.3. The Balaban J connectivity index is 0.918. The average molecular weight is 1000 g/mol. The van der Waals surface area contributed by atoms with Gasteiger partial charge in [0.05, 0.1) is 22.1 Å². The van der Waals surface area contributed by atoms with Crippen molar-refractivity contribution in [2.75, 3.05) is 0 Å². The summed E-state index contributed by atoms with van der Waals surface area (Å²) in [4.78, 5) is 0. The Hall–Kier alpha value is -9.33. The summed E-state index contributed by atoms with van der Waals surface area (Å²) in [6.07, 6.45) is 0. The molecule has 0 saturated heterocycles. The minimum absolute atomic E-state index is 1.14. The molecule has 2 heterocycles. The van der Waals surface area contributed by atoms with E-state index in [-0.39, 0.29) is 0 Å². The molecule has 0 amide bonds. The lowest BCUT2D eigenvalue weighted by Gasteiger charge is -2.34. The standard InChI is InChI=1S/C72H52N2Si2/c1-7-27-57(28-8-1)75(58-29-9-2-10-30-58,59-31-11-3-12-32-59)63-39-23-25-53(49-63)54-45-47-71-67(50-54)65-41-19-21-43-69(65)74(71)56-46-48-72-68(52-56)66-42-20-22-44-70(66)73(72)55-26-24-40-64(51-55)76(60-33-13-4-14-34-60,61-35-15-5-16-36-61)62-37-17-6-18-38-62/h1-52H. The van der Waals surface area contributed by atoms with E-state index < -0.39 is 16.1 Å². The fraction of sp³-hybridized carbons (Fsp3) is 0. The molecule has 0 spiro atoms. The zero-order valence-electron chi connectivity index (χ0n) is 41.9. The molecule has 14 rings (SSSR count). The van der Waals surface area contributed by atoms with Crippen molar-refractivity contribution in [3.8, 4) is 22.5 Å². The van der Waals surface area contributed by atoms with Crippen LogP contribution in [0.5, 0.6) is 0 Å². The number of para-hydroxylation sites is 2. The number of hydrogen-bond acceptors (Lipinski definition) is 0. The first-order valence-corrected chi connectivity index (χ1v) is 30.3. The van der Waals surface area contributed by atoms with Crippen LogP contribution in [-0.4, -0.2) is 25.3 Å². The van der Waals surface area contributed by atoms with Crippen LogP contribution >= 0.6 is 0 Å². The van der Waals surface area contributed by atoms with Crippen molar-refractivity contribution in [1.29, 1.82) is 0 Å². The van der Waals surface area contributed by atoms with Crippen molar-refractivity contribution in [3.05, 3.63) is 315 Å².